The van der Waals surface area contributed by atoms with Crippen LogP contribution in [0.4, 0.5) is 0 Å². The van der Waals surface area contributed by atoms with Crippen molar-refractivity contribution in [1.82, 2.24) is 10.2 Å². The zero-order valence-corrected chi connectivity index (χ0v) is 21.6. The molecule has 2 heterocycles. The summed E-state index contributed by atoms with van der Waals surface area (Å²) in [4.78, 5) is 40.7. The van der Waals surface area contributed by atoms with Crippen LogP contribution in [0.5, 0.6) is 11.5 Å². The van der Waals surface area contributed by atoms with E-state index in [9.17, 15) is 24.6 Å². The number of aldehydes is 1. The van der Waals surface area contributed by atoms with Gasteiger partial charge in [-0.2, -0.15) is 0 Å². The molecule has 0 bridgehead atoms. The number of rotatable bonds is 8. The molecule has 1 aromatic carbocycles. The number of aliphatic hydroxyl groups excluding tert-OH is 2. The van der Waals surface area contributed by atoms with Crippen LogP contribution >= 0.6 is 0 Å². The number of nitrogens with zero attached hydrogens (tertiary/aromatic N) is 1. The molecule has 1 aromatic rings. The van der Waals surface area contributed by atoms with Crippen LogP contribution in [0.25, 0.3) is 0 Å². The first kappa shape index (κ1) is 26.6. The summed E-state index contributed by atoms with van der Waals surface area (Å²) in [5.74, 6) is -0.582. The van der Waals surface area contributed by atoms with Crippen molar-refractivity contribution in [2.24, 2.45) is 0 Å². The number of hydrogen-bond donors (Lipinski definition) is 3. The van der Waals surface area contributed by atoms with E-state index in [-0.39, 0.29) is 25.1 Å². The number of nitrogens with one attached hydrogen (secondary N) is 1. The first-order chi connectivity index (χ1) is 18.5. The second-order valence-electron chi connectivity index (χ2n) is 10.4. The highest BCUT2D eigenvalue weighted by molar-refractivity contribution is 5.96. The lowest BCUT2D eigenvalue weighted by Crippen LogP contribution is -2.60. The Labute approximate surface area is 221 Å². The standard InChI is InChI=1S/C28H36N2O8/c1-36-22-13-16(15-32)12-18-23-19(27(34)29-9-10-31)14-20(24(33)26(23)38-25(18)22)30(17-6-3-2-4-7-17)28(35)21-8-5-11-37-21/h12-15,17,20-21,23-24,26,31,33H,2-11H2,1H3,(H,29,34). The molecule has 38 heavy (non-hydrogen) atoms. The van der Waals surface area contributed by atoms with Crippen LogP contribution in [0.3, 0.4) is 0 Å². The fraction of sp³-hybridized carbons (Fsp3) is 0.607. The van der Waals surface area contributed by atoms with Crippen molar-refractivity contribution in [3.05, 3.63) is 34.9 Å². The summed E-state index contributed by atoms with van der Waals surface area (Å²) < 4.78 is 17.5. The molecule has 1 saturated carbocycles. The molecule has 5 atom stereocenters. The highest BCUT2D eigenvalue weighted by Gasteiger charge is 2.53. The number of fused-ring (bicyclic) bond motifs is 3. The number of carbonyl (C=O) groups is 3. The minimum atomic E-state index is -1.14. The zero-order chi connectivity index (χ0) is 26.8. The van der Waals surface area contributed by atoms with Crippen LogP contribution in [-0.4, -0.2) is 90.5 Å². The van der Waals surface area contributed by atoms with Gasteiger partial charge in [0, 0.05) is 35.9 Å². The maximum Gasteiger partial charge on any atom is 0.252 e. The number of benzene rings is 1. The SMILES string of the molecule is COc1cc(C=O)cc2c1OC1C2C(C(=O)NCCO)=CC(N(C(=O)C2CCCO2)C2CCCCC2)C1O. The number of methoxy groups -OCH3 is 1. The third kappa shape index (κ3) is 4.81. The van der Waals surface area contributed by atoms with Gasteiger partial charge >= 0.3 is 0 Å². The summed E-state index contributed by atoms with van der Waals surface area (Å²) in [5.41, 5.74) is 1.24. The van der Waals surface area contributed by atoms with E-state index in [4.69, 9.17) is 14.2 Å². The number of ether oxygens (including phenoxy) is 3. The molecule has 0 aromatic heterocycles. The molecule has 5 rings (SSSR count). The van der Waals surface area contributed by atoms with Crippen LogP contribution in [0.2, 0.25) is 0 Å². The number of amides is 2. The molecule has 4 aliphatic rings. The average Bonchev–Trinajstić information content (AvgIpc) is 3.62. The van der Waals surface area contributed by atoms with Gasteiger partial charge in [-0.05, 0) is 43.9 Å². The van der Waals surface area contributed by atoms with Gasteiger partial charge in [0.05, 0.1) is 25.7 Å². The van der Waals surface area contributed by atoms with Gasteiger partial charge in [-0.1, -0.05) is 19.3 Å². The molecular formula is C28H36N2O8. The Hall–Kier alpha value is -2.95. The number of hydrogen-bond acceptors (Lipinski definition) is 8. The lowest BCUT2D eigenvalue weighted by molar-refractivity contribution is -0.151. The summed E-state index contributed by atoms with van der Waals surface area (Å²) in [6.07, 6.45) is 5.89. The first-order valence-electron chi connectivity index (χ1n) is 13.5. The Kier molecular flexibility index (Phi) is 8.01. The van der Waals surface area contributed by atoms with Gasteiger partial charge in [0.15, 0.2) is 11.5 Å². The maximum atomic E-state index is 13.9. The summed E-state index contributed by atoms with van der Waals surface area (Å²) in [7, 11) is 1.46. The van der Waals surface area contributed by atoms with Gasteiger partial charge in [0.2, 0.25) is 5.91 Å². The van der Waals surface area contributed by atoms with Gasteiger partial charge in [0.1, 0.15) is 24.6 Å². The van der Waals surface area contributed by atoms with E-state index in [0.29, 0.717) is 47.5 Å². The second-order valence-corrected chi connectivity index (χ2v) is 10.4. The molecule has 10 nitrogen and oxygen atoms in total. The average molecular weight is 529 g/mol. The van der Waals surface area contributed by atoms with E-state index < -0.39 is 36.2 Å². The second kappa shape index (κ2) is 11.4. The van der Waals surface area contributed by atoms with Crippen molar-refractivity contribution in [3.8, 4) is 11.5 Å². The van der Waals surface area contributed by atoms with Crippen LogP contribution in [0, 0.1) is 0 Å². The van der Waals surface area contributed by atoms with E-state index in [2.05, 4.69) is 5.32 Å². The van der Waals surface area contributed by atoms with Crippen LogP contribution in [0.1, 0.15) is 66.8 Å². The molecule has 3 N–H and O–H groups in total. The molecular weight excluding hydrogens is 492 g/mol. The van der Waals surface area contributed by atoms with Gasteiger partial charge < -0.3 is 34.6 Å². The highest BCUT2D eigenvalue weighted by Crippen LogP contribution is 2.51. The number of carbonyl (C=O) groups excluding carboxylic acids is 3. The minimum absolute atomic E-state index is 0.0490. The summed E-state index contributed by atoms with van der Waals surface area (Å²) in [6.45, 7) is 0.337. The monoisotopic (exact) mass is 528 g/mol. The molecule has 0 spiro atoms. The third-order valence-corrected chi connectivity index (χ3v) is 8.16. The lowest BCUT2D eigenvalue weighted by atomic mass is 9.76. The molecule has 0 radical (unpaired) electrons. The largest absolute Gasteiger partial charge is 0.493 e. The molecule has 1 saturated heterocycles. The minimum Gasteiger partial charge on any atom is -0.493 e. The smallest absolute Gasteiger partial charge is 0.252 e. The number of aliphatic hydroxyl groups is 2. The van der Waals surface area contributed by atoms with E-state index in [1.807, 2.05) is 0 Å². The quantitative estimate of drug-likeness (QED) is 0.432. The Balaban J connectivity index is 1.59. The van der Waals surface area contributed by atoms with Gasteiger partial charge in [-0.15, -0.1) is 0 Å². The summed E-state index contributed by atoms with van der Waals surface area (Å²) in [6, 6.07) is 2.30. The maximum absolute atomic E-state index is 13.9. The summed E-state index contributed by atoms with van der Waals surface area (Å²) in [5, 5.41) is 23.8. The van der Waals surface area contributed by atoms with Gasteiger partial charge in [0.25, 0.3) is 5.91 Å². The van der Waals surface area contributed by atoms with Crippen molar-refractivity contribution in [2.75, 3.05) is 26.9 Å². The van der Waals surface area contributed by atoms with Crippen LogP contribution < -0.4 is 14.8 Å². The van der Waals surface area contributed by atoms with Crippen molar-refractivity contribution < 1.29 is 38.8 Å². The van der Waals surface area contributed by atoms with Crippen LogP contribution in [0.15, 0.2) is 23.8 Å². The highest BCUT2D eigenvalue weighted by atomic mass is 16.5. The Morgan fingerprint density at radius 2 is 1.97 bits per heavy atom. The Bertz CT molecular complexity index is 1090. The van der Waals surface area contributed by atoms with E-state index in [1.54, 1.807) is 23.1 Å². The lowest BCUT2D eigenvalue weighted by Gasteiger charge is -2.45. The fourth-order valence-electron chi connectivity index (χ4n) is 6.40. The van der Waals surface area contributed by atoms with Crippen molar-refractivity contribution in [1.29, 1.82) is 0 Å². The van der Waals surface area contributed by atoms with E-state index in [0.717, 1.165) is 38.5 Å². The molecule has 2 aliphatic carbocycles. The molecule has 10 heteroatoms. The molecule has 5 unspecified atom stereocenters. The molecule has 2 fully saturated rings. The van der Waals surface area contributed by atoms with E-state index >= 15 is 0 Å². The topological polar surface area (TPSA) is 135 Å². The van der Waals surface area contributed by atoms with Crippen LogP contribution in [-0.2, 0) is 14.3 Å². The first-order valence-corrected chi connectivity index (χ1v) is 13.5. The van der Waals surface area contributed by atoms with Crippen molar-refractivity contribution in [2.45, 2.75) is 81.3 Å². The summed E-state index contributed by atoms with van der Waals surface area (Å²) >= 11 is 0. The van der Waals surface area contributed by atoms with Crippen molar-refractivity contribution in [3.63, 3.8) is 0 Å². The molecule has 2 amide bonds. The molecule has 2 aliphatic heterocycles. The van der Waals surface area contributed by atoms with Gasteiger partial charge in [-0.3, -0.25) is 14.4 Å². The van der Waals surface area contributed by atoms with E-state index in [1.165, 1.54) is 7.11 Å². The third-order valence-electron chi connectivity index (χ3n) is 8.16. The Morgan fingerprint density at radius 1 is 1.18 bits per heavy atom. The van der Waals surface area contributed by atoms with Gasteiger partial charge in [-0.25, -0.2) is 0 Å². The van der Waals surface area contributed by atoms with Crippen molar-refractivity contribution >= 4 is 18.1 Å². The Morgan fingerprint density at radius 3 is 2.63 bits per heavy atom. The fourth-order valence-corrected chi connectivity index (χ4v) is 6.40. The zero-order valence-electron chi connectivity index (χ0n) is 21.6. The molecule has 206 valence electrons. The predicted molar refractivity (Wildman–Crippen MR) is 136 cm³/mol. The predicted octanol–water partition coefficient (Wildman–Crippen LogP) is 1.47. The normalized spacial score (nSPS) is 28.5.